The van der Waals surface area contributed by atoms with Gasteiger partial charge in [-0.2, -0.15) is 4.99 Å². The zero-order chi connectivity index (χ0) is 21.1. The fraction of sp³-hybridized carbons (Fsp3) is 0. The van der Waals surface area contributed by atoms with Crippen LogP contribution < -0.4 is 11.1 Å². The first kappa shape index (κ1) is 19.3. The number of aromatic nitrogens is 2. The Bertz CT molecular complexity index is 1280. The first-order chi connectivity index (χ1) is 14.5. The molecule has 0 saturated heterocycles. The number of nitro benzene ring substituents is 1. The third kappa shape index (κ3) is 4.03. The quantitative estimate of drug-likeness (QED) is 0.210. The number of anilines is 1. The van der Waals surface area contributed by atoms with Gasteiger partial charge in [0.1, 0.15) is 0 Å². The topological polar surface area (TPSA) is 119 Å². The molecule has 4 rings (SSSR count). The lowest BCUT2D eigenvalue weighted by Crippen LogP contribution is -2.22. The summed E-state index contributed by atoms with van der Waals surface area (Å²) in [5.41, 5.74) is 7.90. The number of fused-ring (bicyclic) bond motifs is 1. The molecule has 0 atom stereocenters. The Balaban J connectivity index is 1.87. The summed E-state index contributed by atoms with van der Waals surface area (Å²) in [4.78, 5) is 24.2. The van der Waals surface area contributed by atoms with Crippen molar-refractivity contribution in [2.45, 2.75) is 0 Å². The van der Waals surface area contributed by atoms with E-state index in [1.54, 1.807) is 36.4 Å². The number of rotatable bonds is 4. The van der Waals surface area contributed by atoms with E-state index in [2.05, 4.69) is 20.3 Å². The third-order valence-corrected chi connectivity index (χ3v) is 4.50. The van der Waals surface area contributed by atoms with Crippen LogP contribution in [0.25, 0.3) is 22.2 Å². The third-order valence-electron chi connectivity index (χ3n) is 4.27. The van der Waals surface area contributed by atoms with Gasteiger partial charge in [-0.05, 0) is 36.4 Å². The lowest BCUT2D eigenvalue weighted by Gasteiger charge is -2.09. The van der Waals surface area contributed by atoms with Gasteiger partial charge in [0.05, 0.1) is 21.7 Å². The molecule has 0 saturated carbocycles. The van der Waals surface area contributed by atoms with E-state index in [0.717, 1.165) is 5.69 Å². The summed E-state index contributed by atoms with van der Waals surface area (Å²) in [7, 11) is 0. The number of hydrogen-bond donors (Lipinski definition) is 2. The highest BCUT2D eigenvalue weighted by Crippen LogP contribution is 2.35. The highest BCUT2D eigenvalue weighted by atomic mass is 35.5. The molecule has 0 bridgehead atoms. The van der Waals surface area contributed by atoms with Crippen LogP contribution in [0.15, 0.2) is 77.8 Å². The van der Waals surface area contributed by atoms with E-state index >= 15 is 0 Å². The van der Waals surface area contributed by atoms with Crippen LogP contribution in [0.3, 0.4) is 0 Å². The standard InChI is InChI=1S/C21H15ClN6O2/c22-13-10-11-17-16(12-13)19(15-8-4-5-9-18(15)28(29)30)26-21(25-17)27-20(23)24-14-6-2-1-3-7-14/h1-12H,(H3,23,24,25,26,27). The summed E-state index contributed by atoms with van der Waals surface area (Å²) >= 11 is 6.15. The van der Waals surface area contributed by atoms with Gasteiger partial charge in [0.2, 0.25) is 5.96 Å². The summed E-state index contributed by atoms with van der Waals surface area (Å²) < 4.78 is 0. The second kappa shape index (κ2) is 8.14. The Labute approximate surface area is 176 Å². The summed E-state index contributed by atoms with van der Waals surface area (Å²) in [6, 6.07) is 20.7. The molecule has 9 heteroatoms. The smallest absolute Gasteiger partial charge is 0.278 e. The molecule has 30 heavy (non-hydrogen) atoms. The molecule has 3 aromatic carbocycles. The molecule has 0 aliphatic carbocycles. The number of benzene rings is 3. The van der Waals surface area contributed by atoms with Gasteiger partial charge in [-0.1, -0.05) is 41.9 Å². The van der Waals surface area contributed by atoms with Crippen LogP contribution in [0.2, 0.25) is 5.02 Å². The van der Waals surface area contributed by atoms with Gasteiger partial charge in [0, 0.05) is 22.2 Å². The van der Waals surface area contributed by atoms with Gasteiger partial charge in [0.25, 0.3) is 11.6 Å². The fourth-order valence-corrected chi connectivity index (χ4v) is 3.15. The number of para-hydroxylation sites is 2. The SMILES string of the molecule is N/C(=N\c1nc(-c2ccccc2[N+](=O)[O-])c2cc(Cl)ccc2n1)Nc1ccccc1. The molecule has 148 valence electrons. The molecule has 1 aromatic heterocycles. The minimum Gasteiger partial charge on any atom is -0.369 e. The van der Waals surface area contributed by atoms with Crippen molar-refractivity contribution in [1.82, 2.24) is 9.97 Å². The van der Waals surface area contributed by atoms with E-state index in [9.17, 15) is 10.1 Å². The maximum absolute atomic E-state index is 11.5. The van der Waals surface area contributed by atoms with E-state index in [1.807, 2.05) is 30.3 Å². The van der Waals surface area contributed by atoms with Crippen molar-refractivity contribution in [3.8, 4) is 11.3 Å². The van der Waals surface area contributed by atoms with Crippen LogP contribution in [-0.2, 0) is 0 Å². The van der Waals surface area contributed by atoms with Gasteiger partial charge in [-0.25, -0.2) is 9.97 Å². The number of halogens is 1. The number of guanidine groups is 1. The molecule has 0 radical (unpaired) electrons. The maximum atomic E-state index is 11.5. The molecule has 1 heterocycles. The number of nitrogens with zero attached hydrogens (tertiary/aromatic N) is 4. The number of hydrogen-bond acceptors (Lipinski definition) is 5. The van der Waals surface area contributed by atoms with Gasteiger partial charge in [-0.15, -0.1) is 0 Å². The molecule has 0 fully saturated rings. The zero-order valence-corrected chi connectivity index (χ0v) is 16.2. The first-order valence-electron chi connectivity index (χ1n) is 8.88. The molecule has 3 N–H and O–H groups in total. The van der Waals surface area contributed by atoms with Crippen molar-refractivity contribution in [3.63, 3.8) is 0 Å². The number of nitrogens with one attached hydrogen (secondary N) is 1. The first-order valence-corrected chi connectivity index (χ1v) is 9.26. The maximum Gasteiger partial charge on any atom is 0.278 e. The summed E-state index contributed by atoms with van der Waals surface area (Å²) in [6.45, 7) is 0. The number of nitro groups is 1. The lowest BCUT2D eigenvalue weighted by atomic mass is 10.0. The van der Waals surface area contributed by atoms with E-state index in [1.165, 1.54) is 6.07 Å². The lowest BCUT2D eigenvalue weighted by molar-refractivity contribution is -0.384. The van der Waals surface area contributed by atoms with E-state index in [4.69, 9.17) is 17.3 Å². The van der Waals surface area contributed by atoms with Crippen molar-refractivity contribution < 1.29 is 4.92 Å². The van der Waals surface area contributed by atoms with E-state index in [0.29, 0.717) is 27.2 Å². The van der Waals surface area contributed by atoms with Crippen molar-refractivity contribution in [2.24, 2.45) is 10.7 Å². The van der Waals surface area contributed by atoms with Crippen molar-refractivity contribution in [2.75, 3.05) is 5.32 Å². The van der Waals surface area contributed by atoms with Crippen LogP contribution in [-0.4, -0.2) is 20.9 Å². The Morgan fingerprint density at radius 3 is 2.53 bits per heavy atom. The molecule has 8 nitrogen and oxygen atoms in total. The Morgan fingerprint density at radius 2 is 1.77 bits per heavy atom. The second-order valence-corrected chi connectivity index (χ2v) is 6.73. The Kier molecular flexibility index (Phi) is 5.23. The predicted molar refractivity (Wildman–Crippen MR) is 118 cm³/mol. The molecule has 4 aromatic rings. The molecular formula is C21H15ClN6O2. The normalized spacial score (nSPS) is 11.4. The van der Waals surface area contributed by atoms with Crippen molar-refractivity contribution >= 4 is 45.8 Å². The van der Waals surface area contributed by atoms with Crippen molar-refractivity contribution in [3.05, 3.63) is 87.9 Å². The Hall–Kier alpha value is -4.04. The van der Waals surface area contributed by atoms with Crippen LogP contribution in [0.4, 0.5) is 17.3 Å². The highest BCUT2D eigenvalue weighted by molar-refractivity contribution is 6.31. The zero-order valence-electron chi connectivity index (χ0n) is 15.5. The molecular weight excluding hydrogens is 404 g/mol. The Morgan fingerprint density at radius 1 is 1.03 bits per heavy atom. The van der Waals surface area contributed by atoms with Gasteiger partial charge in [0.15, 0.2) is 0 Å². The van der Waals surface area contributed by atoms with Crippen LogP contribution in [0.5, 0.6) is 0 Å². The van der Waals surface area contributed by atoms with Crippen LogP contribution in [0, 0.1) is 10.1 Å². The molecule has 0 aliphatic rings. The summed E-state index contributed by atoms with van der Waals surface area (Å²) in [5.74, 6) is 0.155. The molecule has 0 unspecified atom stereocenters. The van der Waals surface area contributed by atoms with Gasteiger partial charge < -0.3 is 11.1 Å². The molecule has 0 aliphatic heterocycles. The minimum atomic E-state index is -0.456. The number of nitrogens with two attached hydrogens (primary N) is 1. The summed E-state index contributed by atoms with van der Waals surface area (Å²) in [6.07, 6.45) is 0. The fourth-order valence-electron chi connectivity index (χ4n) is 2.98. The van der Waals surface area contributed by atoms with Crippen LogP contribution >= 0.6 is 11.6 Å². The average Bonchev–Trinajstić information content (AvgIpc) is 2.74. The van der Waals surface area contributed by atoms with Gasteiger partial charge in [-0.3, -0.25) is 10.1 Å². The van der Waals surface area contributed by atoms with Gasteiger partial charge >= 0.3 is 0 Å². The van der Waals surface area contributed by atoms with E-state index in [-0.39, 0.29) is 17.6 Å². The van der Waals surface area contributed by atoms with Crippen molar-refractivity contribution in [1.29, 1.82) is 0 Å². The second-order valence-electron chi connectivity index (χ2n) is 6.30. The van der Waals surface area contributed by atoms with Crippen LogP contribution in [0.1, 0.15) is 0 Å². The highest BCUT2D eigenvalue weighted by Gasteiger charge is 2.19. The molecule has 0 amide bonds. The summed E-state index contributed by atoms with van der Waals surface area (Å²) in [5, 5.41) is 15.5. The largest absolute Gasteiger partial charge is 0.369 e. The average molecular weight is 419 g/mol. The number of aliphatic imine (C=N–C) groups is 1. The monoisotopic (exact) mass is 418 g/mol. The molecule has 0 spiro atoms. The predicted octanol–water partition coefficient (Wildman–Crippen LogP) is 4.92. The van der Waals surface area contributed by atoms with E-state index < -0.39 is 4.92 Å². The minimum absolute atomic E-state index is 0.0684.